The third kappa shape index (κ3) is 5.35. The summed E-state index contributed by atoms with van der Waals surface area (Å²) >= 11 is 0. The minimum atomic E-state index is -0.140. The summed E-state index contributed by atoms with van der Waals surface area (Å²) in [5, 5.41) is 8.82. The van der Waals surface area contributed by atoms with E-state index in [1.807, 2.05) is 13.8 Å². The van der Waals surface area contributed by atoms with Crippen LogP contribution < -0.4 is 16.0 Å². The van der Waals surface area contributed by atoms with Gasteiger partial charge in [-0.1, -0.05) is 30.7 Å². The Bertz CT molecular complexity index is 761. The minimum Gasteiger partial charge on any atom is -0.376 e. The van der Waals surface area contributed by atoms with Gasteiger partial charge in [-0.3, -0.25) is 9.59 Å². The predicted octanol–water partition coefficient (Wildman–Crippen LogP) is 4.01. The standard InChI is InChI=1S/C20H25N3O2/c1-5-18(24)22-16-7-6-8-17(11-16)23-19(25)12-21-20-14(3)9-13(2)10-15(20)4/h6-11,21H,5,12H2,1-4H3,(H,22,24)(H,23,25). The van der Waals surface area contributed by atoms with E-state index in [1.165, 1.54) is 5.56 Å². The van der Waals surface area contributed by atoms with Crippen LogP contribution in [0.2, 0.25) is 0 Å². The van der Waals surface area contributed by atoms with Crippen molar-refractivity contribution < 1.29 is 9.59 Å². The Hall–Kier alpha value is -2.82. The molecule has 2 aromatic rings. The molecule has 0 saturated carbocycles. The maximum Gasteiger partial charge on any atom is 0.243 e. The van der Waals surface area contributed by atoms with Crippen LogP contribution in [-0.2, 0) is 9.59 Å². The van der Waals surface area contributed by atoms with Crippen molar-refractivity contribution in [3.8, 4) is 0 Å². The van der Waals surface area contributed by atoms with Crippen molar-refractivity contribution in [2.45, 2.75) is 34.1 Å². The number of carbonyl (C=O) groups is 2. The number of anilines is 3. The smallest absolute Gasteiger partial charge is 0.243 e. The molecule has 5 nitrogen and oxygen atoms in total. The van der Waals surface area contributed by atoms with E-state index in [4.69, 9.17) is 0 Å². The van der Waals surface area contributed by atoms with E-state index in [9.17, 15) is 9.59 Å². The average molecular weight is 339 g/mol. The van der Waals surface area contributed by atoms with E-state index in [-0.39, 0.29) is 18.4 Å². The van der Waals surface area contributed by atoms with Crippen LogP contribution in [0.15, 0.2) is 36.4 Å². The van der Waals surface area contributed by atoms with E-state index < -0.39 is 0 Å². The summed E-state index contributed by atoms with van der Waals surface area (Å²) < 4.78 is 0. The number of rotatable bonds is 6. The fraction of sp³-hybridized carbons (Fsp3) is 0.300. The summed E-state index contributed by atoms with van der Waals surface area (Å²) in [5.41, 5.74) is 5.76. The molecular formula is C20H25N3O2. The quantitative estimate of drug-likeness (QED) is 0.745. The highest BCUT2D eigenvalue weighted by molar-refractivity contribution is 5.95. The number of carbonyl (C=O) groups excluding carboxylic acids is 2. The number of hydrogen-bond donors (Lipinski definition) is 3. The third-order valence-corrected chi connectivity index (χ3v) is 3.85. The van der Waals surface area contributed by atoms with Crippen LogP contribution in [0, 0.1) is 20.8 Å². The predicted molar refractivity (Wildman–Crippen MR) is 103 cm³/mol. The van der Waals surface area contributed by atoms with Crippen LogP contribution in [-0.4, -0.2) is 18.4 Å². The Labute approximate surface area is 148 Å². The van der Waals surface area contributed by atoms with Gasteiger partial charge in [-0.05, 0) is 50.1 Å². The monoisotopic (exact) mass is 339 g/mol. The molecule has 0 bridgehead atoms. The van der Waals surface area contributed by atoms with Crippen molar-refractivity contribution in [1.29, 1.82) is 0 Å². The van der Waals surface area contributed by atoms with Gasteiger partial charge in [0, 0.05) is 23.5 Å². The molecule has 132 valence electrons. The topological polar surface area (TPSA) is 70.2 Å². The summed E-state index contributed by atoms with van der Waals surface area (Å²) in [6.45, 7) is 8.08. The van der Waals surface area contributed by atoms with Crippen molar-refractivity contribution in [1.82, 2.24) is 0 Å². The zero-order valence-electron chi connectivity index (χ0n) is 15.2. The van der Waals surface area contributed by atoms with Crippen molar-refractivity contribution in [2.75, 3.05) is 22.5 Å². The van der Waals surface area contributed by atoms with E-state index in [2.05, 4.69) is 35.0 Å². The van der Waals surface area contributed by atoms with Crippen LogP contribution in [0.4, 0.5) is 17.1 Å². The molecule has 0 aliphatic rings. The molecule has 0 fully saturated rings. The lowest BCUT2D eigenvalue weighted by molar-refractivity contribution is -0.116. The fourth-order valence-electron chi connectivity index (χ4n) is 2.76. The Kier molecular flexibility index (Phi) is 6.17. The molecule has 25 heavy (non-hydrogen) atoms. The van der Waals surface area contributed by atoms with Crippen molar-refractivity contribution in [2.24, 2.45) is 0 Å². The van der Waals surface area contributed by atoms with Gasteiger partial charge in [0.05, 0.1) is 6.54 Å². The van der Waals surface area contributed by atoms with Gasteiger partial charge in [0.25, 0.3) is 0 Å². The number of nitrogens with one attached hydrogen (secondary N) is 3. The van der Waals surface area contributed by atoms with E-state index in [0.29, 0.717) is 17.8 Å². The molecule has 2 aromatic carbocycles. The first-order valence-corrected chi connectivity index (χ1v) is 8.40. The maximum absolute atomic E-state index is 12.2. The summed E-state index contributed by atoms with van der Waals surface area (Å²) in [5.74, 6) is -0.200. The van der Waals surface area contributed by atoms with Crippen LogP contribution >= 0.6 is 0 Å². The second kappa shape index (κ2) is 8.33. The molecule has 0 heterocycles. The Balaban J connectivity index is 1.97. The SMILES string of the molecule is CCC(=O)Nc1cccc(NC(=O)CNc2c(C)cc(C)cc2C)c1. The lowest BCUT2D eigenvalue weighted by Gasteiger charge is -2.14. The van der Waals surface area contributed by atoms with Crippen LogP contribution in [0.5, 0.6) is 0 Å². The zero-order chi connectivity index (χ0) is 18.4. The second-order valence-electron chi connectivity index (χ2n) is 6.16. The van der Waals surface area contributed by atoms with Gasteiger partial charge in [0.2, 0.25) is 11.8 Å². The third-order valence-electron chi connectivity index (χ3n) is 3.85. The average Bonchev–Trinajstić information content (AvgIpc) is 2.54. The van der Waals surface area contributed by atoms with Crippen LogP contribution in [0.1, 0.15) is 30.0 Å². The minimum absolute atomic E-state index is 0.0598. The highest BCUT2D eigenvalue weighted by Crippen LogP contribution is 2.21. The largest absolute Gasteiger partial charge is 0.376 e. The fourth-order valence-corrected chi connectivity index (χ4v) is 2.76. The molecule has 0 unspecified atom stereocenters. The first kappa shape index (κ1) is 18.5. The molecule has 3 N–H and O–H groups in total. The number of benzene rings is 2. The zero-order valence-corrected chi connectivity index (χ0v) is 15.2. The number of amides is 2. The molecule has 2 amide bonds. The van der Waals surface area contributed by atoms with Crippen molar-refractivity contribution in [3.05, 3.63) is 53.1 Å². The summed E-state index contributed by atoms with van der Waals surface area (Å²) in [7, 11) is 0. The Morgan fingerprint density at radius 2 is 1.44 bits per heavy atom. The highest BCUT2D eigenvalue weighted by atomic mass is 16.2. The molecule has 0 atom stereocenters. The lowest BCUT2D eigenvalue weighted by atomic mass is 10.1. The first-order chi connectivity index (χ1) is 11.9. The Morgan fingerprint density at radius 3 is 2.00 bits per heavy atom. The van der Waals surface area contributed by atoms with E-state index in [1.54, 1.807) is 31.2 Å². The van der Waals surface area contributed by atoms with Gasteiger partial charge in [-0.2, -0.15) is 0 Å². The molecular weight excluding hydrogens is 314 g/mol. The number of aryl methyl sites for hydroxylation is 3. The molecule has 0 aromatic heterocycles. The Morgan fingerprint density at radius 1 is 0.880 bits per heavy atom. The first-order valence-electron chi connectivity index (χ1n) is 8.40. The van der Waals surface area contributed by atoms with Gasteiger partial charge in [0.15, 0.2) is 0 Å². The molecule has 2 rings (SSSR count). The van der Waals surface area contributed by atoms with E-state index in [0.717, 1.165) is 16.8 Å². The van der Waals surface area contributed by atoms with Gasteiger partial charge >= 0.3 is 0 Å². The molecule has 0 spiro atoms. The van der Waals surface area contributed by atoms with Gasteiger partial charge in [-0.15, -0.1) is 0 Å². The van der Waals surface area contributed by atoms with Gasteiger partial charge in [0.1, 0.15) is 0 Å². The molecule has 0 aliphatic carbocycles. The maximum atomic E-state index is 12.2. The molecule has 0 radical (unpaired) electrons. The summed E-state index contributed by atoms with van der Waals surface area (Å²) in [6, 6.07) is 11.3. The van der Waals surface area contributed by atoms with Crippen molar-refractivity contribution in [3.63, 3.8) is 0 Å². The number of hydrogen-bond acceptors (Lipinski definition) is 3. The normalized spacial score (nSPS) is 10.2. The summed E-state index contributed by atoms with van der Waals surface area (Å²) in [6.07, 6.45) is 0.412. The lowest BCUT2D eigenvalue weighted by Crippen LogP contribution is -2.22. The highest BCUT2D eigenvalue weighted by Gasteiger charge is 2.07. The van der Waals surface area contributed by atoms with Crippen LogP contribution in [0.25, 0.3) is 0 Å². The van der Waals surface area contributed by atoms with Gasteiger partial charge < -0.3 is 16.0 Å². The molecule has 0 saturated heterocycles. The second-order valence-corrected chi connectivity index (χ2v) is 6.16. The van der Waals surface area contributed by atoms with E-state index >= 15 is 0 Å². The molecule has 5 heteroatoms. The molecule has 0 aliphatic heterocycles. The summed E-state index contributed by atoms with van der Waals surface area (Å²) in [4.78, 5) is 23.7. The van der Waals surface area contributed by atoms with Crippen LogP contribution in [0.3, 0.4) is 0 Å². The van der Waals surface area contributed by atoms with Crippen molar-refractivity contribution >= 4 is 28.9 Å². The van der Waals surface area contributed by atoms with Gasteiger partial charge in [-0.25, -0.2) is 0 Å².